The molecule has 2 heterocycles. The van der Waals surface area contributed by atoms with E-state index in [2.05, 4.69) is 20.4 Å². The summed E-state index contributed by atoms with van der Waals surface area (Å²) < 4.78 is 64.2. The van der Waals surface area contributed by atoms with Crippen LogP contribution in [0.25, 0.3) is 0 Å². The zero-order valence-electron chi connectivity index (χ0n) is 26.0. The van der Waals surface area contributed by atoms with Crippen molar-refractivity contribution in [3.63, 3.8) is 0 Å². The van der Waals surface area contributed by atoms with Gasteiger partial charge in [-0.25, -0.2) is 0 Å². The van der Waals surface area contributed by atoms with Crippen molar-refractivity contribution in [1.29, 1.82) is 0 Å². The molecule has 5 atom stereocenters. The van der Waals surface area contributed by atoms with Gasteiger partial charge in [-0.3, -0.25) is 4.18 Å². The molecule has 0 radical (unpaired) electrons. The molecular formula is C33H46O8S. The highest BCUT2D eigenvalue weighted by atomic mass is 32.2. The van der Waals surface area contributed by atoms with E-state index < -0.39 is 46.6 Å². The van der Waals surface area contributed by atoms with Gasteiger partial charge in [0.15, 0.2) is 18.2 Å². The first kappa shape index (κ1) is 32.6. The molecule has 0 unspecified atom stereocenters. The molecule has 0 saturated carbocycles. The van der Waals surface area contributed by atoms with Crippen molar-refractivity contribution in [2.75, 3.05) is 6.61 Å². The summed E-state index contributed by atoms with van der Waals surface area (Å²) in [5, 5.41) is 0. The maximum atomic E-state index is 13.9. The zero-order chi connectivity index (χ0) is 30.8. The van der Waals surface area contributed by atoms with Crippen LogP contribution < -0.4 is 0 Å². The number of rotatable bonds is 13. The van der Waals surface area contributed by atoms with E-state index >= 15 is 0 Å². The highest BCUT2D eigenvalue weighted by Gasteiger charge is 2.58. The predicted molar refractivity (Wildman–Crippen MR) is 161 cm³/mol. The van der Waals surface area contributed by atoms with Crippen LogP contribution in [0, 0.1) is 0 Å². The van der Waals surface area contributed by atoms with Gasteiger partial charge in [0.1, 0.15) is 29.8 Å². The molecule has 4 rings (SSSR count). The van der Waals surface area contributed by atoms with Crippen molar-refractivity contribution in [2.24, 2.45) is 0 Å². The van der Waals surface area contributed by atoms with Crippen molar-refractivity contribution in [3.8, 4) is 0 Å². The smallest absolute Gasteiger partial charge is 0.297 e. The van der Waals surface area contributed by atoms with Gasteiger partial charge in [0.25, 0.3) is 10.1 Å². The minimum absolute atomic E-state index is 0.0271. The van der Waals surface area contributed by atoms with Crippen LogP contribution in [0.1, 0.15) is 95.4 Å². The molecule has 2 saturated heterocycles. The lowest BCUT2D eigenvalue weighted by Gasteiger charge is -2.30. The molecule has 0 aliphatic carbocycles. The fourth-order valence-electron chi connectivity index (χ4n) is 5.49. The molecule has 232 valence electrons. The molecule has 0 bridgehead atoms. The van der Waals surface area contributed by atoms with E-state index in [0.29, 0.717) is 6.61 Å². The summed E-state index contributed by atoms with van der Waals surface area (Å²) in [6, 6.07) is 13.7. The number of ether oxygens (including phenoxy) is 5. The van der Waals surface area contributed by atoms with Crippen LogP contribution in [-0.2, 0) is 44.6 Å². The molecule has 2 aromatic rings. The average molecular weight is 603 g/mol. The molecule has 9 heteroatoms. The first-order chi connectivity index (χ1) is 19.7. The molecule has 2 aliphatic rings. The Kier molecular flexibility index (Phi) is 10.2. The zero-order valence-corrected chi connectivity index (χ0v) is 26.8. The summed E-state index contributed by atoms with van der Waals surface area (Å²) in [5.41, 5.74) is 3.56. The summed E-state index contributed by atoms with van der Waals surface area (Å²) >= 11 is 0. The van der Waals surface area contributed by atoms with Crippen LogP contribution in [0.5, 0.6) is 0 Å². The van der Waals surface area contributed by atoms with Gasteiger partial charge in [0.05, 0.1) is 12.9 Å². The first-order valence-corrected chi connectivity index (χ1v) is 16.1. The molecule has 2 aliphatic heterocycles. The Morgan fingerprint density at radius 2 is 1.57 bits per heavy atom. The van der Waals surface area contributed by atoms with Gasteiger partial charge < -0.3 is 23.7 Å². The largest absolute Gasteiger partial charge is 0.493 e. The van der Waals surface area contributed by atoms with Crippen LogP contribution in [0.3, 0.4) is 0 Å². The standard InChI is InChI=1S/C33H46O8S/c1-10-36-27(19-38-42(34,35)31-25(21(4)5)16-24(20(2)3)17-26(31)22(6)7)28-29(37-18-23-14-12-11-13-15-23)30-32(39-28)41-33(8,9)40-30/h10-17,20-22,27-30,32H,1,18-19H2,2-9H3/t27-,28-,29-,30-,32-/m1/s1. The lowest BCUT2D eigenvalue weighted by molar-refractivity contribution is -0.232. The molecule has 2 aromatic carbocycles. The van der Waals surface area contributed by atoms with E-state index in [0.717, 1.165) is 22.3 Å². The molecule has 0 spiro atoms. The molecule has 0 N–H and O–H groups in total. The Hall–Kier alpha value is -2.27. The number of benzene rings is 2. The number of fused-ring (bicyclic) bond motifs is 1. The molecule has 2 fully saturated rings. The SMILES string of the molecule is C=CO[C@H](COS(=O)(=O)c1c(C(C)C)cc(C(C)C)cc1C(C)C)[C@H]1O[C@@H]2OC(C)(C)O[C@@H]2[C@@H]1OCc1ccccc1. The molecule has 0 amide bonds. The van der Waals surface area contributed by atoms with E-state index in [1.165, 1.54) is 6.26 Å². The maximum Gasteiger partial charge on any atom is 0.297 e. The summed E-state index contributed by atoms with van der Waals surface area (Å²) in [5.74, 6) is -0.655. The second kappa shape index (κ2) is 13.2. The van der Waals surface area contributed by atoms with E-state index in [1.54, 1.807) is 0 Å². The quantitative estimate of drug-likeness (QED) is 0.184. The van der Waals surface area contributed by atoms with Crippen molar-refractivity contribution < 1.29 is 36.3 Å². The Balaban J connectivity index is 1.62. The van der Waals surface area contributed by atoms with Crippen LogP contribution in [0.2, 0.25) is 0 Å². The minimum atomic E-state index is -4.18. The predicted octanol–water partition coefficient (Wildman–Crippen LogP) is 6.75. The van der Waals surface area contributed by atoms with Crippen LogP contribution >= 0.6 is 0 Å². The van der Waals surface area contributed by atoms with Gasteiger partial charge in [-0.15, -0.1) is 0 Å². The van der Waals surface area contributed by atoms with Crippen molar-refractivity contribution >= 4 is 10.1 Å². The molecule has 8 nitrogen and oxygen atoms in total. The van der Waals surface area contributed by atoms with E-state index in [1.807, 2.05) is 84.0 Å². The molecule has 42 heavy (non-hydrogen) atoms. The first-order valence-electron chi connectivity index (χ1n) is 14.7. The van der Waals surface area contributed by atoms with Gasteiger partial charge in [-0.2, -0.15) is 8.42 Å². The number of hydrogen-bond acceptors (Lipinski definition) is 8. The highest BCUT2D eigenvalue weighted by molar-refractivity contribution is 7.86. The normalized spacial score (nSPS) is 24.4. The maximum absolute atomic E-state index is 13.9. The third-order valence-electron chi connectivity index (χ3n) is 7.67. The van der Waals surface area contributed by atoms with Crippen LogP contribution in [-0.4, -0.2) is 51.5 Å². The van der Waals surface area contributed by atoms with Crippen LogP contribution in [0.15, 0.2) is 60.2 Å². The van der Waals surface area contributed by atoms with E-state index in [-0.39, 0.29) is 29.3 Å². The van der Waals surface area contributed by atoms with Gasteiger partial charge in [-0.05, 0) is 53.9 Å². The topological polar surface area (TPSA) is 89.5 Å². The van der Waals surface area contributed by atoms with Gasteiger partial charge >= 0.3 is 0 Å². The summed E-state index contributed by atoms with van der Waals surface area (Å²) in [6.07, 6.45) is -2.21. The Morgan fingerprint density at radius 1 is 0.952 bits per heavy atom. The third kappa shape index (κ3) is 7.26. The fraction of sp³-hybridized carbons (Fsp3) is 0.576. The lowest BCUT2D eigenvalue weighted by atomic mass is 9.89. The third-order valence-corrected chi connectivity index (χ3v) is 9.08. The van der Waals surface area contributed by atoms with Gasteiger partial charge in [0, 0.05) is 0 Å². The monoisotopic (exact) mass is 602 g/mol. The minimum Gasteiger partial charge on any atom is -0.493 e. The molecule has 0 aromatic heterocycles. The summed E-state index contributed by atoms with van der Waals surface area (Å²) in [6.45, 7) is 19.5. The van der Waals surface area contributed by atoms with Crippen LogP contribution in [0.4, 0.5) is 0 Å². The highest BCUT2D eigenvalue weighted by Crippen LogP contribution is 2.41. The second-order valence-electron chi connectivity index (χ2n) is 12.4. The Morgan fingerprint density at radius 3 is 2.12 bits per heavy atom. The van der Waals surface area contributed by atoms with Gasteiger partial charge in [0.2, 0.25) is 0 Å². The van der Waals surface area contributed by atoms with E-state index in [4.69, 9.17) is 27.9 Å². The Labute approximate surface area is 251 Å². The second-order valence-corrected chi connectivity index (χ2v) is 14.0. The van der Waals surface area contributed by atoms with Crippen molar-refractivity contribution in [2.45, 2.75) is 121 Å². The van der Waals surface area contributed by atoms with Gasteiger partial charge in [-0.1, -0.05) is 90.6 Å². The fourth-order valence-corrected chi connectivity index (χ4v) is 7.09. The number of hydrogen-bond donors (Lipinski definition) is 0. The Bertz CT molecular complexity index is 1290. The summed E-state index contributed by atoms with van der Waals surface area (Å²) in [7, 11) is -4.18. The van der Waals surface area contributed by atoms with Crippen molar-refractivity contribution in [1.82, 2.24) is 0 Å². The van der Waals surface area contributed by atoms with E-state index in [9.17, 15) is 8.42 Å². The molecular weight excluding hydrogens is 556 g/mol. The summed E-state index contributed by atoms with van der Waals surface area (Å²) in [4.78, 5) is 0.226. The average Bonchev–Trinajstić information content (AvgIpc) is 3.40. The van der Waals surface area contributed by atoms with Crippen molar-refractivity contribution in [3.05, 3.63) is 77.6 Å². The lowest BCUT2D eigenvalue weighted by Crippen LogP contribution is -2.45.